The van der Waals surface area contributed by atoms with Crippen LogP contribution in [0.3, 0.4) is 0 Å². The maximum atomic E-state index is 14.7. The number of nitrogens with zero attached hydrogens (tertiary/aromatic N) is 3. The van der Waals surface area contributed by atoms with Crippen LogP contribution in [0.5, 0.6) is 11.5 Å². The van der Waals surface area contributed by atoms with Crippen molar-refractivity contribution in [1.29, 1.82) is 0 Å². The Labute approximate surface area is 202 Å². The van der Waals surface area contributed by atoms with Crippen LogP contribution < -0.4 is 20.3 Å². The molecule has 0 spiro atoms. The molecule has 184 valence electrons. The number of anilines is 3. The lowest BCUT2D eigenvalue weighted by molar-refractivity contribution is 0.262. The van der Waals surface area contributed by atoms with Gasteiger partial charge < -0.3 is 20.3 Å². The number of ether oxygens (including phenoxy) is 1. The molecule has 1 fully saturated rings. The van der Waals surface area contributed by atoms with Crippen molar-refractivity contribution in [2.75, 3.05) is 28.6 Å². The minimum absolute atomic E-state index is 0.0251. The lowest BCUT2D eigenvalue weighted by atomic mass is 10.2. The minimum atomic E-state index is -1.63. The molecule has 5 rings (SSSR count). The Balaban J connectivity index is 1.36. The third-order valence-corrected chi connectivity index (χ3v) is 5.60. The number of amides is 2. The van der Waals surface area contributed by atoms with Crippen molar-refractivity contribution >= 4 is 34.3 Å². The quantitative estimate of drug-likeness (QED) is 0.253. The first kappa shape index (κ1) is 23.3. The highest BCUT2D eigenvalue weighted by Crippen LogP contribution is 2.34. The van der Waals surface area contributed by atoms with Crippen LogP contribution >= 0.6 is 0 Å². The average Bonchev–Trinajstić information content (AvgIpc) is 3.40. The molecular formula is C25H19F4N5O2. The summed E-state index contributed by atoms with van der Waals surface area (Å²) in [6, 6.07) is 8.96. The molecule has 1 aliphatic heterocycles. The molecule has 0 bridgehead atoms. The van der Waals surface area contributed by atoms with Gasteiger partial charge in [-0.2, -0.15) is 4.39 Å². The molecular weight excluding hydrogens is 478 g/mol. The lowest BCUT2D eigenvalue weighted by Gasteiger charge is -2.16. The number of carbonyl (C=O) groups excluding carboxylic acids is 1. The van der Waals surface area contributed by atoms with Crippen LogP contribution in [-0.2, 0) is 0 Å². The first-order valence-corrected chi connectivity index (χ1v) is 11.1. The molecule has 1 aliphatic rings. The van der Waals surface area contributed by atoms with E-state index in [0.29, 0.717) is 22.9 Å². The summed E-state index contributed by atoms with van der Waals surface area (Å²) in [6.07, 6.45) is 3.79. The van der Waals surface area contributed by atoms with E-state index in [4.69, 9.17) is 4.74 Å². The number of halogens is 4. The molecule has 0 unspecified atom stereocenters. The monoisotopic (exact) mass is 497 g/mol. The molecule has 4 aromatic rings. The van der Waals surface area contributed by atoms with Crippen LogP contribution in [0.2, 0.25) is 0 Å². The van der Waals surface area contributed by atoms with Crippen LogP contribution in [0.1, 0.15) is 12.8 Å². The van der Waals surface area contributed by atoms with Crippen molar-refractivity contribution in [3.05, 3.63) is 78.0 Å². The predicted octanol–water partition coefficient (Wildman–Crippen LogP) is 6.22. The number of urea groups is 1. The third-order valence-electron chi connectivity index (χ3n) is 5.60. The molecule has 0 atom stereocenters. The van der Waals surface area contributed by atoms with Crippen molar-refractivity contribution < 1.29 is 27.1 Å². The van der Waals surface area contributed by atoms with Gasteiger partial charge in [-0.25, -0.2) is 22.9 Å². The molecule has 3 aromatic carbocycles. The minimum Gasteiger partial charge on any atom is -0.451 e. The van der Waals surface area contributed by atoms with Gasteiger partial charge in [-0.15, -0.1) is 0 Å². The van der Waals surface area contributed by atoms with Gasteiger partial charge in [0.2, 0.25) is 11.6 Å². The lowest BCUT2D eigenvalue weighted by Crippen LogP contribution is -2.20. The van der Waals surface area contributed by atoms with Gasteiger partial charge in [-0.05, 0) is 43.2 Å². The Morgan fingerprint density at radius 3 is 2.50 bits per heavy atom. The largest absolute Gasteiger partial charge is 0.451 e. The number of benzene rings is 3. The Morgan fingerprint density at radius 1 is 0.917 bits per heavy atom. The summed E-state index contributed by atoms with van der Waals surface area (Å²) < 4.78 is 62.6. The van der Waals surface area contributed by atoms with Gasteiger partial charge in [-0.1, -0.05) is 6.07 Å². The number of rotatable bonds is 5. The molecule has 2 N–H and O–H groups in total. The fourth-order valence-corrected chi connectivity index (χ4v) is 3.88. The van der Waals surface area contributed by atoms with Crippen LogP contribution in [-0.4, -0.2) is 29.1 Å². The predicted molar refractivity (Wildman–Crippen MR) is 126 cm³/mol. The summed E-state index contributed by atoms with van der Waals surface area (Å²) in [7, 11) is 0. The molecule has 1 saturated heterocycles. The second-order valence-electron chi connectivity index (χ2n) is 8.13. The van der Waals surface area contributed by atoms with Gasteiger partial charge in [0.15, 0.2) is 11.6 Å². The van der Waals surface area contributed by atoms with E-state index >= 15 is 0 Å². The van der Waals surface area contributed by atoms with E-state index in [1.807, 2.05) is 5.32 Å². The van der Waals surface area contributed by atoms with E-state index in [9.17, 15) is 22.4 Å². The highest BCUT2D eigenvalue weighted by Gasteiger charge is 2.23. The van der Waals surface area contributed by atoms with E-state index in [2.05, 4.69) is 20.2 Å². The van der Waals surface area contributed by atoms with Crippen LogP contribution in [0.15, 0.2) is 54.7 Å². The summed E-state index contributed by atoms with van der Waals surface area (Å²) >= 11 is 0. The molecule has 0 radical (unpaired) electrons. The number of hydrogen-bond acceptors (Lipinski definition) is 5. The van der Waals surface area contributed by atoms with Crippen molar-refractivity contribution in [2.45, 2.75) is 12.8 Å². The smallest absolute Gasteiger partial charge is 0.323 e. The van der Waals surface area contributed by atoms with Crippen molar-refractivity contribution in [3.63, 3.8) is 0 Å². The molecule has 1 aromatic heterocycles. The molecule has 11 heteroatoms. The second-order valence-corrected chi connectivity index (χ2v) is 8.13. The molecule has 36 heavy (non-hydrogen) atoms. The van der Waals surface area contributed by atoms with Crippen molar-refractivity contribution in [1.82, 2.24) is 9.97 Å². The average molecular weight is 497 g/mol. The summed E-state index contributed by atoms with van der Waals surface area (Å²) in [5.41, 5.74) is 0.318. The Hall–Kier alpha value is -4.41. The number of fused-ring (bicyclic) bond motifs is 1. The zero-order chi connectivity index (χ0) is 25.2. The summed E-state index contributed by atoms with van der Waals surface area (Å²) in [4.78, 5) is 23.1. The highest BCUT2D eigenvalue weighted by atomic mass is 19.2. The van der Waals surface area contributed by atoms with Crippen LogP contribution in [0, 0.1) is 23.3 Å². The molecule has 2 amide bonds. The number of hydrogen-bond donors (Lipinski definition) is 2. The molecule has 2 heterocycles. The van der Waals surface area contributed by atoms with Crippen molar-refractivity contribution in [2.24, 2.45) is 0 Å². The topological polar surface area (TPSA) is 79.4 Å². The first-order chi connectivity index (χ1) is 17.4. The van der Waals surface area contributed by atoms with Gasteiger partial charge >= 0.3 is 6.03 Å². The zero-order valence-electron chi connectivity index (χ0n) is 18.7. The first-order valence-electron chi connectivity index (χ1n) is 11.1. The van der Waals surface area contributed by atoms with Gasteiger partial charge in [0.05, 0.1) is 22.9 Å². The Bertz CT molecular complexity index is 1460. The van der Waals surface area contributed by atoms with Gasteiger partial charge in [0, 0.05) is 30.9 Å². The molecule has 0 aliphatic carbocycles. The van der Waals surface area contributed by atoms with E-state index in [1.54, 1.807) is 12.3 Å². The van der Waals surface area contributed by atoms with Gasteiger partial charge in [0.25, 0.3) is 0 Å². The van der Waals surface area contributed by atoms with E-state index in [1.165, 1.54) is 30.3 Å². The highest BCUT2D eigenvalue weighted by molar-refractivity contribution is 5.99. The van der Waals surface area contributed by atoms with Crippen molar-refractivity contribution in [3.8, 4) is 11.5 Å². The van der Waals surface area contributed by atoms with E-state index < -0.39 is 40.7 Å². The molecule has 0 saturated carbocycles. The van der Waals surface area contributed by atoms with E-state index in [-0.39, 0.29) is 11.4 Å². The summed E-state index contributed by atoms with van der Waals surface area (Å²) in [5, 5.41) is 4.25. The SMILES string of the molecule is O=C(Nc1cccc(F)c1)Nc1cc(F)c(Oc2ccc3ncc(N4CCCC4)nc3c2)c(F)c1F. The summed E-state index contributed by atoms with van der Waals surface area (Å²) in [5.74, 6) is -5.28. The fraction of sp³-hybridized carbons (Fsp3) is 0.160. The van der Waals surface area contributed by atoms with Crippen LogP contribution in [0.4, 0.5) is 39.5 Å². The Kier molecular flexibility index (Phi) is 6.28. The maximum Gasteiger partial charge on any atom is 0.323 e. The molecule has 7 nitrogen and oxygen atoms in total. The van der Waals surface area contributed by atoms with E-state index in [0.717, 1.165) is 32.0 Å². The number of aromatic nitrogens is 2. The van der Waals surface area contributed by atoms with Gasteiger partial charge in [-0.3, -0.25) is 4.98 Å². The Morgan fingerprint density at radius 2 is 1.72 bits per heavy atom. The number of nitrogens with one attached hydrogen (secondary N) is 2. The summed E-state index contributed by atoms with van der Waals surface area (Å²) in [6.45, 7) is 1.74. The third kappa shape index (κ3) is 4.85. The second kappa shape index (κ2) is 9.68. The van der Waals surface area contributed by atoms with Crippen LogP contribution in [0.25, 0.3) is 11.0 Å². The normalized spacial score (nSPS) is 13.2. The number of carbonyl (C=O) groups is 1. The fourth-order valence-electron chi connectivity index (χ4n) is 3.88. The standard InChI is InChI=1S/C25H19F4N5O2/c26-14-4-3-5-15(10-14)31-25(35)33-20-12-17(27)24(23(29)22(20)28)36-16-6-7-18-19(11-16)32-21(13-30-18)34-8-1-2-9-34/h3-7,10-13H,1-2,8-9H2,(H2,31,33,35). The zero-order valence-corrected chi connectivity index (χ0v) is 18.7. The van der Waals surface area contributed by atoms with Gasteiger partial charge in [0.1, 0.15) is 17.4 Å². The maximum absolute atomic E-state index is 14.7.